The van der Waals surface area contributed by atoms with Crippen LogP contribution in [0.4, 0.5) is 5.69 Å². The lowest BCUT2D eigenvalue weighted by Crippen LogP contribution is -2.00. The zero-order chi connectivity index (χ0) is 13.7. The molecule has 0 unspecified atom stereocenters. The molecule has 19 heavy (non-hydrogen) atoms. The van der Waals surface area contributed by atoms with E-state index in [1.54, 1.807) is 48.5 Å². The Hall–Kier alpha value is -2.80. The molecule has 4 heteroatoms. The number of para-hydroxylation sites is 2. The number of esters is 1. The SMILES string of the molecule is [C-]#[N+]c1ccccc1Oc1cccc(C(=O)OC)c1. The highest BCUT2D eigenvalue weighted by Crippen LogP contribution is 2.31. The van der Waals surface area contributed by atoms with Crippen molar-refractivity contribution in [1.82, 2.24) is 0 Å². The van der Waals surface area contributed by atoms with Gasteiger partial charge in [0.15, 0.2) is 0 Å². The van der Waals surface area contributed by atoms with E-state index in [0.29, 0.717) is 22.7 Å². The van der Waals surface area contributed by atoms with Crippen LogP contribution in [0.25, 0.3) is 4.85 Å². The van der Waals surface area contributed by atoms with E-state index in [2.05, 4.69) is 9.58 Å². The highest BCUT2D eigenvalue weighted by Gasteiger charge is 2.08. The summed E-state index contributed by atoms with van der Waals surface area (Å²) in [6.07, 6.45) is 0. The molecule has 0 spiro atoms. The van der Waals surface area contributed by atoms with E-state index in [-0.39, 0.29) is 0 Å². The van der Waals surface area contributed by atoms with Crippen LogP contribution in [0.1, 0.15) is 10.4 Å². The minimum Gasteiger partial charge on any atom is -0.468 e. The lowest BCUT2D eigenvalue weighted by molar-refractivity contribution is 0.0600. The average molecular weight is 253 g/mol. The van der Waals surface area contributed by atoms with Gasteiger partial charge in [-0.3, -0.25) is 0 Å². The number of methoxy groups -OCH3 is 1. The number of ether oxygens (including phenoxy) is 2. The fourth-order valence-electron chi connectivity index (χ4n) is 1.57. The van der Waals surface area contributed by atoms with Gasteiger partial charge in [0, 0.05) is 0 Å². The first-order valence-corrected chi connectivity index (χ1v) is 5.57. The van der Waals surface area contributed by atoms with E-state index in [9.17, 15) is 4.79 Å². The highest BCUT2D eigenvalue weighted by atomic mass is 16.5. The van der Waals surface area contributed by atoms with Gasteiger partial charge in [-0.25, -0.2) is 9.64 Å². The fourth-order valence-corrected chi connectivity index (χ4v) is 1.57. The van der Waals surface area contributed by atoms with Crippen molar-refractivity contribution < 1.29 is 14.3 Å². The Morgan fingerprint density at radius 1 is 1.16 bits per heavy atom. The second-order valence-electron chi connectivity index (χ2n) is 3.70. The molecule has 0 radical (unpaired) electrons. The van der Waals surface area contributed by atoms with Crippen LogP contribution in [0.5, 0.6) is 11.5 Å². The molecule has 2 rings (SSSR count). The molecule has 0 fully saturated rings. The van der Waals surface area contributed by atoms with Crippen LogP contribution in [0.3, 0.4) is 0 Å². The van der Waals surface area contributed by atoms with Crippen molar-refractivity contribution in [3.63, 3.8) is 0 Å². The van der Waals surface area contributed by atoms with Crippen molar-refractivity contribution in [3.05, 3.63) is 65.5 Å². The number of rotatable bonds is 3. The van der Waals surface area contributed by atoms with Gasteiger partial charge in [0.1, 0.15) is 11.5 Å². The van der Waals surface area contributed by atoms with Gasteiger partial charge < -0.3 is 9.47 Å². The fraction of sp³-hybridized carbons (Fsp3) is 0.0667. The summed E-state index contributed by atoms with van der Waals surface area (Å²) in [5, 5.41) is 0. The summed E-state index contributed by atoms with van der Waals surface area (Å²) in [6, 6.07) is 13.6. The maximum absolute atomic E-state index is 11.4. The second-order valence-corrected chi connectivity index (χ2v) is 3.70. The first-order valence-electron chi connectivity index (χ1n) is 5.57. The van der Waals surface area contributed by atoms with Crippen LogP contribution in [-0.2, 0) is 4.74 Å². The van der Waals surface area contributed by atoms with Crippen LogP contribution in [-0.4, -0.2) is 13.1 Å². The molecule has 94 valence electrons. The van der Waals surface area contributed by atoms with Crippen molar-refractivity contribution >= 4 is 11.7 Å². The summed E-state index contributed by atoms with van der Waals surface area (Å²) in [5.74, 6) is 0.516. The molecule has 0 aliphatic rings. The van der Waals surface area contributed by atoms with E-state index in [1.807, 2.05) is 0 Å². The summed E-state index contributed by atoms with van der Waals surface area (Å²) >= 11 is 0. The molecule has 0 aromatic heterocycles. The van der Waals surface area contributed by atoms with E-state index < -0.39 is 5.97 Å². The second kappa shape index (κ2) is 5.69. The van der Waals surface area contributed by atoms with Crippen molar-refractivity contribution in [3.8, 4) is 11.5 Å². The maximum atomic E-state index is 11.4. The Kier molecular flexibility index (Phi) is 3.79. The van der Waals surface area contributed by atoms with Crippen LogP contribution in [0.2, 0.25) is 0 Å². The average Bonchev–Trinajstić information content (AvgIpc) is 2.47. The Morgan fingerprint density at radius 3 is 2.68 bits per heavy atom. The Balaban J connectivity index is 2.29. The number of hydrogen-bond acceptors (Lipinski definition) is 3. The Bertz CT molecular complexity index is 644. The number of benzene rings is 2. The summed E-state index contributed by atoms with van der Waals surface area (Å²) < 4.78 is 10.3. The predicted molar refractivity (Wildman–Crippen MR) is 70.6 cm³/mol. The standard InChI is InChI=1S/C15H11NO3/c1-16-13-8-3-4-9-14(13)19-12-7-5-6-11(10-12)15(17)18-2/h3-10H,2H3. The number of carbonyl (C=O) groups excluding carboxylic acids is 1. The lowest BCUT2D eigenvalue weighted by Gasteiger charge is -2.08. The third-order valence-corrected chi connectivity index (χ3v) is 2.47. The van der Waals surface area contributed by atoms with Gasteiger partial charge in [-0.05, 0) is 24.3 Å². The zero-order valence-electron chi connectivity index (χ0n) is 10.3. The lowest BCUT2D eigenvalue weighted by atomic mass is 10.2. The van der Waals surface area contributed by atoms with Gasteiger partial charge in [0.05, 0.1) is 19.2 Å². The van der Waals surface area contributed by atoms with Gasteiger partial charge in [0.2, 0.25) is 5.69 Å². The van der Waals surface area contributed by atoms with Crippen LogP contribution < -0.4 is 4.74 Å². The summed E-state index contributed by atoms with van der Waals surface area (Å²) in [5.41, 5.74) is 0.825. The van der Waals surface area contributed by atoms with Crippen LogP contribution in [0, 0.1) is 6.57 Å². The van der Waals surface area contributed by atoms with Crippen LogP contribution >= 0.6 is 0 Å². The summed E-state index contributed by atoms with van der Waals surface area (Å²) in [6.45, 7) is 7.06. The van der Waals surface area contributed by atoms with E-state index in [0.717, 1.165) is 0 Å². The number of carbonyl (C=O) groups is 1. The normalized spacial score (nSPS) is 9.47. The molecule has 0 bridgehead atoms. The smallest absolute Gasteiger partial charge is 0.337 e. The molecule has 4 nitrogen and oxygen atoms in total. The van der Waals surface area contributed by atoms with Crippen molar-refractivity contribution in [2.45, 2.75) is 0 Å². The van der Waals surface area contributed by atoms with Crippen molar-refractivity contribution in [1.29, 1.82) is 0 Å². The van der Waals surface area contributed by atoms with Crippen LogP contribution in [0.15, 0.2) is 48.5 Å². The molecule has 0 amide bonds. The highest BCUT2D eigenvalue weighted by molar-refractivity contribution is 5.89. The zero-order valence-corrected chi connectivity index (χ0v) is 10.3. The molecule has 0 N–H and O–H groups in total. The molecule has 0 saturated heterocycles. The molecule has 0 saturated carbocycles. The molecular weight excluding hydrogens is 242 g/mol. The maximum Gasteiger partial charge on any atom is 0.337 e. The van der Waals surface area contributed by atoms with E-state index in [1.165, 1.54) is 7.11 Å². The molecule has 0 aliphatic carbocycles. The van der Waals surface area contributed by atoms with E-state index >= 15 is 0 Å². The third kappa shape index (κ3) is 2.90. The number of nitrogens with zero attached hydrogens (tertiary/aromatic N) is 1. The minimum atomic E-state index is -0.427. The van der Waals surface area contributed by atoms with Gasteiger partial charge >= 0.3 is 5.97 Å². The first kappa shape index (κ1) is 12.7. The Morgan fingerprint density at radius 2 is 1.95 bits per heavy atom. The largest absolute Gasteiger partial charge is 0.468 e. The van der Waals surface area contributed by atoms with Crippen molar-refractivity contribution in [2.24, 2.45) is 0 Å². The van der Waals surface area contributed by atoms with Gasteiger partial charge in [-0.2, -0.15) is 0 Å². The van der Waals surface area contributed by atoms with Gasteiger partial charge in [0.25, 0.3) is 0 Å². The first-order chi connectivity index (χ1) is 9.24. The molecule has 2 aromatic rings. The van der Waals surface area contributed by atoms with Gasteiger partial charge in [-0.15, -0.1) is 0 Å². The Labute approximate surface area is 111 Å². The summed E-state index contributed by atoms with van der Waals surface area (Å²) in [4.78, 5) is 14.8. The van der Waals surface area contributed by atoms with Gasteiger partial charge in [-0.1, -0.05) is 24.3 Å². The molecule has 0 heterocycles. The van der Waals surface area contributed by atoms with Crippen molar-refractivity contribution in [2.75, 3.05) is 7.11 Å². The quantitative estimate of drug-likeness (QED) is 0.616. The summed E-state index contributed by atoms with van der Waals surface area (Å²) in [7, 11) is 1.32. The molecule has 0 aliphatic heterocycles. The molecule has 0 atom stereocenters. The monoisotopic (exact) mass is 253 g/mol. The third-order valence-electron chi connectivity index (χ3n) is 2.47. The topological polar surface area (TPSA) is 39.9 Å². The molecular formula is C15H11NO3. The predicted octanol–water partition coefficient (Wildman–Crippen LogP) is 3.82. The molecule has 2 aromatic carbocycles. The van der Waals surface area contributed by atoms with E-state index in [4.69, 9.17) is 11.3 Å². The minimum absolute atomic E-state index is 0.403. The number of hydrogen-bond donors (Lipinski definition) is 0.